The molecule has 4 nitrogen and oxygen atoms in total. The molecular formula is C21H17NO3. The SMILES string of the molecule is Cc1ccc2c(c1)C(O)(CC(=O)c1cccc3ccccc13)C(=O)N2. The quantitative estimate of drug-likeness (QED) is 0.721. The van der Waals surface area contributed by atoms with Gasteiger partial charge in [-0.1, -0.05) is 60.2 Å². The highest BCUT2D eigenvalue weighted by atomic mass is 16.3. The summed E-state index contributed by atoms with van der Waals surface area (Å²) in [5.41, 5.74) is 0.622. The van der Waals surface area contributed by atoms with Crippen molar-refractivity contribution in [3.63, 3.8) is 0 Å². The number of amides is 1. The van der Waals surface area contributed by atoms with Crippen molar-refractivity contribution in [2.45, 2.75) is 18.9 Å². The number of anilines is 1. The first kappa shape index (κ1) is 15.5. The van der Waals surface area contributed by atoms with Crippen LogP contribution in [-0.2, 0) is 10.4 Å². The standard InChI is InChI=1S/C21H17NO3/c1-13-9-10-18-17(11-13)21(25,20(24)22-18)12-19(23)16-8-4-6-14-5-2-3-7-15(14)16/h2-11,25H,12H2,1H3,(H,22,24). The zero-order valence-corrected chi connectivity index (χ0v) is 13.7. The lowest BCUT2D eigenvalue weighted by Crippen LogP contribution is -2.36. The number of rotatable bonds is 3. The third-order valence-corrected chi connectivity index (χ3v) is 4.75. The maximum absolute atomic E-state index is 12.9. The van der Waals surface area contributed by atoms with Crippen molar-refractivity contribution in [1.29, 1.82) is 0 Å². The smallest absolute Gasteiger partial charge is 0.261 e. The summed E-state index contributed by atoms with van der Waals surface area (Å²) in [6.45, 7) is 1.88. The van der Waals surface area contributed by atoms with E-state index in [-0.39, 0.29) is 12.2 Å². The topological polar surface area (TPSA) is 66.4 Å². The molecule has 4 rings (SSSR count). The second-order valence-corrected chi connectivity index (χ2v) is 6.49. The maximum atomic E-state index is 12.9. The molecule has 4 heteroatoms. The Morgan fingerprint density at radius 3 is 2.68 bits per heavy atom. The highest BCUT2D eigenvalue weighted by Gasteiger charge is 2.46. The van der Waals surface area contributed by atoms with Gasteiger partial charge in [-0.2, -0.15) is 0 Å². The third-order valence-electron chi connectivity index (χ3n) is 4.75. The fourth-order valence-corrected chi connectivity index (χ4v) is 3.43. The van der Waals surface area contributed by atoms with E-state index in [1.807, 2.05) is 49.4 Å². The van der Waals surface area contributed by atoms with Crippen LogP contribution in [-0.4, -0.2) is 16.8 Å². The molecule has 25 heavy (non-hydrogen) atoms. The number of hydrogen-bond donors (Lipinski definition) is 2. The molecule has 2 N–H and O–H groups in total. The van der Waals surface area contributed by atoms with Gasteiger partial charge in [-0.05, 0) is 23.8 Å². The first-order valence-corrected chi connectivity index (χ1v) is 8.15. The van der Waals surface area contributed by atoms with Crippen LogP contribution in [0.5, 0.6) is 0 Å². The minimum Gasteiger partial charge on any atom is -0.375 e. The van der Waals surface area contributed by atoms with Crippen LogP contribution >= 0.6 is 0 Å². The second-order valence-electron chi connectivity index (χ2n) is 6.49. The number of carbonyl (C=O) groups excluding carboxylic acids is 2. The second kappa shape index (κ2) is 5.53. The lowest BCUT2D eigenvalue weighted by atomic mass is 9.86. The van der Waals surface area contributed by atoms with E-state index in [0.29, 0.717) is 16.8 Å². The van der Waals surface area contributed by atoms with Crippen LogP contribution in [0.1, 0.15) is 27.9 Å². The molecule has 0 radical (unpaired) electrons. The molecule has 1 aliphatic heterocycles. The summed E-state index contributed by atoms with van der Waals surface area (Å²) in [5.74, 6) is -0.814. The molecule has 1 amide bonds. The van der Waals surface area contributed by atoms with E-state index in [1.165, 1.54) is 0 Å². The van der Waals surface area contributed by atoms with E-state index in [4.69, 9.17) is 0 Å². The van der Waals surface area contributed by atoms with Gasteiger partial charge in [-0.15, -0.1) is 0 Å². The molecule has 1 atom stereocenters. The van der Waals surface area contributed by atoms with Gasteiger partial charge in [0.25, 0.3) is 5.91 Å². The van der Waals surface area contributed by atoms with Crippen molar-refractivity contribution in [2.24, 2.45) is 0 Å². The number of hydrogen-bond acceptors (Lipinski definition) is 3. The van der Waals surface area contributed by atoms with Gasteiger partial charge in [0.2, 0.25) is 0 Å². The molecule has 0 fully saturated rings. The molecule has 0 aliphatic carbocycles. The van der Waals surface area contributed by atoms with Crippen molar-refractivity contribution >= 4 is 28.2 Å². The molecule has 3 aromatic rings. The van der Waals surface area contributed by atoms with Crippen molar-refractivity contribution in [3.05, 3.63) is 77.4 Å². The molecule has 3 aromatic carbocycles. The maximum Gasteiger partial charge on any atom is 0.261 e. The van der Waals surface area contributed by atoms with E-state index in [1.54, 1.807) is 18.2 Å². The summed E-state index contributed by atoms with van der Waals surface area (Å²) in [6, 6.07) is 18.4. The highest BCUT2D eigenvalue weighted by Crippen LogP contribution is 2.39. The molecule has 0 aromatic heterocycles. The number of aliphatic hydroxyl groups is 1. The molecule has 1 unspecified atom stereocenters. The minimum atomic E-state index is -1.84. The number of aryl methyl sites for hydroxylation is 1. The van der Waals surface area contributed by atoms with Gasteiger partial charge >= 0.3 is 0 Å². The Balaban J connectivity index is 1.76. The first-order valence-electron chi connectivity index (χ1n) is 8.15. The van der Waals surface area contributed by atoms with Crippen LogP contribution in [0.3, 0.4) is 0 Å². The number of fused-ring (bicyclic) bond motifs is 2. The first-order chi connectivity index (χ1) is 12.0. The molecule has 1 heterocycles. The van der Waals surface area contributed by atoms with Crippen molar-refractivity contribution in [2.75, 3.05) is 5.32 Å². The molecule has 124 valence electrons. The fourth-order valence-electron chi connectivity index (χ4n) is 3.43. The van der Waals surface area contributed by atoms with Crippen LogP contribution in [0, 0.1) is 6.92 Å². The molecule has 0 bridgehead atoms. The zero-order chi connectivity index (χ0) is 17.6. The highest BCUT2D eigenvalue weighted by molar-refractivity contribution is 6.13. The molecule has 0 saturated carbocycles. The van der Waals surface area contributed by atoms with Gasteiger partial charge in [-0.3, -0.25) is 9.59 Å². The summed E-state index contributed by atoms with van der Waals surface area (Å²) in [5, 5.41) is 15.4. The van der Waals surface area contributed by atoms with Crippen molar-refractivity contribution < 1.29 is 14.7 Å². The van der Waals surface area contributed by atoms with E-state index in [0.717, 1.165) is 16.3 Å². The van der Waals surface area contributed by atoms with Crippen LogP contribution in [0.15, 0.2) is 60.7 Å². The van der Waals surface area contributed by atoms with E-state index >= 15 is 0 Å². The fraction of sp³-hybridized carbons (Fsp3) is 0.143. The third kappa shape index (κ3) is 2.42. The summed E-state index contributed by atoms with van der Waals surface area (Å²) in [7, 11) is 0. The van der Waals surface area contributed by atoms with Crippen LogP contribution in [0.4, 0.5) is 5.69 Å². The Bertz CT molecular complexity index is 1020. The summed E-state index contributed by atoms with van der Waals surface area (Å²) < 4.78 is 0. The van der Waals surface area contributed by atoms with E-state index < -0.39 is 11.5 Å². The number of carbonyl (C=O) groups is 2. The number of benzene rings is 3. The molecular weight excluding hydrogens is 314 g/mol. The minimum absolute atomic E-state index is 0.260. The Morgan fingerprint density at radius 2 is 1.84 bits per heavy atom. The Kier molecular flexibility index (Phi) is 3.44. The monoisotopic (exact) mass is 331 g/mol. The van der Waals surface area contributed by atoms with Gasteiger partial charge in [-0.25, -0.2) is 0 Å². The largest absolute Gasteiger partial charge is 0.375 e. The lowest BCUT2D eigenvalue weighted by molar-refractivity contribution is -0.133. The van der Waals surface area contributed by atoms with Crippen LogP contribution in [0.25, 0.3) is 10.8 Å². The average Bonchev–Trinajstić information content (AvgIpc) is 2.85. The van der Waals surface area contributed by atoms with Gasteiger partial charge in [0, 0.05) is 16.8 Å². The predicted molar refractivity (Wildman–Crippen MR) is 96.6 cm³/mol. The summed E-state index contributed by atoms with van der Waals surface area (Å²) >= 11 is 0. The number of nitrogens with one attached hydrogen (secondary N) is 1. The molecule has 1 aliphatic rings. The normalized spacial score (nSPS) is 18.9. The van der Waals surface area contributed by atoms with Crippen LogP contribution < -0.4 is 5.32 Å². The van der Waals surface area contributed by atoms with Crippen molar-refractivity contribution in [1.82, 2.24) is 0 Å². The van der Waals surface area contributed by atoms with E-state index in [2.05, 4.69) is 5.32 Å². The Labute approximate surface area is 145 Å². The number of ketones is 1. The van der Waals surface area contributed by atoms with E-state index in [9.17, 15) is 14.7 Å². The zero-order valence-electron chi connectivity index (χ0n) is 13.7. The van der Waals surface area contributed by atoms with Gasteiger partial charge in [0.15, 0.2) is 11.4 Å². The molecule has 0 saturated heterocycles. The predicted octanol–water partition coefficient (Wildman–Crippen LogP) is 3.56. The average molecular weight is 331 g/mol. The van der Waals surface area contributed by atoms with Gasteiger partial charge in [0.1, 0.15) is 0 Å². The Morgan fingerprint density at radius 1 is 1.08 bits per heavy atom. The Hall–Kier alpha value is -2.98. The lowest BCUT2D eigenvalue weighted by Gasteiger charge is -2.20. The summed E-state index contributed by atoms with van der Waals surface area (Å²) in [4.78, 5) is 25.3. The van der Waals surface area contributed by atoms with Gasteiger partial charge < -0.3 is 10.4 Å². The van der Waals surface area contributed by atoms with Gasteiger partial charge in [0.05, 0.1) is 6.42 Å². The van der Waals surface area contributed by atoms with Crippen LogP contribution in [0.2, 0.25) is 0 Å². The number of Topliss-reactive ketones (excluding diaryl/α,β-unsaturated/α-hetero) is 1. The summed E-state index contributed by atoms with van der Waals surface area (Å²) in [6.07, 6.45) is -0.288. The van der Waals surface area contributed by atoms with Crippen molar-refractivity contribution in [3.8, 4) is 0 Å². The molecule has 0 spiro atoms.